The first-order chi connectivity index (χ1) is 14.1. The van der Waals surface area contributed by atoms with Crippen molar-refractivity contribution in [2.75, 3.05) is 31.5 Å². The van der Waals surface area contributed by atoms with Crippen molar-refractivity contribution < 1.29 is 19.0 Å². The summed E-state index contributed by atoms with van der Waals surface area (Å²) >= 11 is 0. The second-order valence-corrected chi connectivity index (χ2v) is 5.91. The SMILES string of the molecule is CCOC(=O)c1ccc(Nc2cc(Nc3ccc(OC)c(OC)c3)ncn2)cc1. The summed E-state index contributed by atoms with van der Waals surface area (Å²) in [5.41, 5.74) is 2.08. The van der Waals surface area contributed by atoms with Gasteiger partial charge >= 0.3 is 5.97 Å². The van der Waals surface area contributed by atoms with E-state index in [0.29, 0.717) is 35.3 Å². The number of carbonyl (C=O) groups excluding carboxylic acids is 1. The predicted molar refractivity (Wildman–Crippen MR) is 111 cm³/mol. The summed E-state index contributed by atoms with van der Waals surface area (Å²) in [4.78, 5) is 20.2. The highest BCUT2D eigenvalue weighted by Crippen LogP contribution is 2.31. The standard InChI is InChI=1S/C21H22N4O4/c1-4-29-21(26)14-5-7-15(8-6-14)24-19-12-20(23-13-22-19)25-16-9-10-17(27-2)18(11-16)28-3/h5-13H,4H2,1-3H3,(H2,22,23,24,25). The summed E-state index contributed by atoms with van der Waals surface area (Å²) in [5.74, 6) is 2.13. The molecule has 1 aromatic heterocycles. The number of benzene rings is 2. The van der Waals surface area contributed by atoms with Crippen molar-refractivity contribution in [1.82, 2.24) is 9.97 Å². The van der Waals surface area contributed by atoms with Crippen LogP contribution in [0.15, 0.2) is 54.9 Å². The molecule has 0 aliphatic rings. The van der Waals surface area contributed by atoms with Crippen LogP contribution in [0, 0.1) is 0 Å². The van der Waals surface area contributed by atoms with E-state index in [9.17, 15) is 4.79 Å². The molecule has 0 fully saturated rings. The van der Waals surface area contributed by atoms with Crippen LogP contribution in [0.1, 0.15) is 17.3 Å². The Morgan fingerprint density at radius 3 is 2.10 bits per heavy atom. The van der Waals surface area contributed by atoms with Gasteiger partial charge < -0.3 is 24.8 Å². The topological polar surface area (TPSA) is 94.6 Å². The third-order valence-corrected chi connectivity index (χ3v) is 3.99. The minimum atomic E-state index is -0.345. The summed E-state index contributed by atoms with van der Waals surface area (Å²) in [5, 5.41) is 6.39. The Kier molecular flexibility index (Phi) is 6.47. The Bertz CT molecular complexity index is 977. The summed E-state index contributed by atoms with van der Waals surface area (Å²) in [7, 11) is 3.17. The first-order valence-corrected chi connectivity index (χ1v) is 8.98. The van der Waals surface area contributed by atoms with Crippen molar-refractivity contribution in [3.8, 4) is 11.5 Å². The number of ether oxygens (including phenoxy) is 3. The molecule has 0 atom stereocenters. The van der Waals surface area contributed by atoms with E-state index in [2.05, 4.69) is 20.6 Å². The van der Waals surface area contributed by atoms with Gasteiger partial charge in [-0.1, -0.05) is 0 Å². The average molecular weight is 394 g/mol. The fourth-order valence-corrected chi connectivity index (χ4v) is 2.61. The van der Waals surface area contributed by atoms with E-state index in [-0.39, 0.29) is 5.97 Å². The predicted octanol–water partition coefficient (Wildman–Crippen LogP) is 4.16. The number of nitrogens with one attached hydrogen (secondary N) is 2. The molecule has 8 nitrogen and oxygen atoms in total. The second-order valence-electron chi connectivity index (χ2n) is 5.91. The molecule has 0 radical (unpaired) electrons. The molecule has 8 heteroatoms. The first kappa shape index (κ1) is 19.9. The van der Waals surface area contributed by atoms with E-state index in [0.717, 1.165) is 11.4 Å². The van der Waals surface area contributed by atoms with Gasteiger partial charge in [0.2, 0.25) is 0 Å². The lowest BCUT2D eigenvalue weighted by molar-refractivity contribution is 0.0526. The molecular formula is C21H22N4O4. The maximum Gasteiger partial charge on any atom is 0.338 e. The normalized spacial score (nSPS) is 10.2. The van der Waals surface area contributed by atoms with Crippen molar-refractivity contribution in [1.29, 1.82) is 0 Å². The maximum atomic E-state index is 11.7. The molecule has 0 saturated heterocycles. The van der Waals surface area contributed by atoms with E-state index >= 15 is 0 Å². The lowest BCUT2D eigenvalue weighted by Gasteiger charge is -2.12. The fourth-order valence-electron chi connectivity index (χ4n) is 2.61. The van der Waals surface area contributed by atoms with Gasteiger partial charge in [0.15, 0.2) is 11.5 Å². The molecule has 2 N–H and O–H groups in total. The van der Waals surface area contributed by atoms with Crippen molar-refractivity contribution >= 4 is 29.0 Å². The van der Waals surface area contributed by atoms with Crippen molar-refractivity contribution in [3.63, 3.8) is 0 Å². The van der Waals surface area contributed by atoms with Crippen molar-refractivity contribution in [2.45, 2.75) is 6.92 Å². The minimum Gasteiger partial charge on any atom is -0.493 e. The molecule has 0 spiro atoms. The molecule has 1 heterocycles. The van der Waals surface area contributed by atoms with E-state index in [1.54, 1.807) is 51.5 Å². The van der Waals surface area contributed by atoms with Gasteiger partial charge in [0.25, 0.3) is 0 Å². The Hall–Kier alpha value is -3.81. The molecule has 0 aliphatic heterocycles. The van der Waals surface area contributed by atoms with E-state index < -0.39 is 0 Å². The maximum absolute atomic E-state index is 11.7. The largest absolute Gasteiger partial charge is 0.493 e. The van der Waals surface area contributed by atoms with Gasteiger partial charge in [-0.05, 0) is 43.3 Å². The third kappa shape index (κ3) is 5.13. The van der Waals surface area contributed by atoms with Crippen LogP contribution < -0.4 is 20.1 Å². The number of aromatic nitrogens is 2. The minimum absolute atomic E-state index is 0.343. The molecule has 3 rings (SSSR count). The number of hydrogen-bond donors (Lipinski definition) is 2. The summed E-state index contributed by atoms with van der Waals surface area (Å²) in [6.45, 7) is 2.12. The van der Waals surface area contributed by atoms with Gasteiger partial charge in [-0.15, -0.1) is 0 Å². The lowest BCUT2D eigenvalue weighted by Crippen LogP contribution is -2.04. The highest BCUT2D eigenvalue weighted by atomic mass is 16.5. The van der Waals surface area contributed by atoms with E-state index in [4.69, 9.17) is 14.2 Å². The zero-order valence-corrected chi connectivity index (χ0v) is 16.4. The lowest BCUT2D eigenvalue weighted by atomic mass is 10.2. The molecule has 0 bridgehead atoms. The molecule has 0 aliphatic carbocycles. The third-order valence-electron chi connectivity index (χ3n) is 3.99. The summed E-state index contributed by atoms with van der Waals surface area (Å²) < 4.78 is 15.5. The Morgan fingerprint density at radius 1 is 0.862 bits per heavy atom. The molecule has 2 aromatic carbocycles. The van der Waals surface area contributed by atoms with Gasteiger partial charge in [-0.25, -0.2) is 14.8 Å². The van der Waals surface area contributed by atoms with Crippen LogP contribution in [-0.4, -0.2) is 36.8 Å². The Morgan fingerprint density at radius 2 is 1.48 bits per heavy atom. The van der Waals surface area contributed by atoms with Gasteiger partial charge in [0.05, 0.1) is 26.4 Å². The van der Waals surface area contributed by atoms with Crippen LogP contribution in [0.25, 0.3) is 0 Å². The fraction of sp³-hybridized carbons (Fsp3) is 0.190. The number of rotatable bonds is 8. The number of anilines is 4. The van der Waals surface area contributed by atoms with Crippen molar-refractivity contribution in [3.05, 3.63) is 60.4 Å². The zero-order valence-electron chi connectivity index (χ0n) is 16.4. The number of carbonyl (C=O) groups is 1. The Labute approximate surface area is 168 Å². The molecule has 3 aromatic rings. The van der Waals surface area contributed by atoms with Crippen molar-refractivity contribution in [2.24, 2.45) is 0 Å². The smallest absolute Gasteiger partial charge is 0.338 e. The quantitative estimate of drug-likeness (QED) is 0.550. The number of hydrogen-bond acceptors (Lipinski definition) is 8. The average Bonchev–Trinajstić information content (AvgIpc) is 2.74. The zero-order chi connectivity index (χ0) is 20.6. The van der Waals surface area contributed by atoms with Crippen LogP contribution in [-0.2, 0) is 4.74 Å². The molecule has 150 valence electrons. The summed E-state index contributed by atoms with van der Waals surface area (Å²) in [6.07, 6.45) is 1.46. The first-order valence-electron chi connectivity index (χ1n) is 8.98. The molecule has 29 heavy (non-hydrogen) atoms. The van der Waals surface area contributed by atoms with Gasteiger partial charge in [-0.2, -0.15) is 0 Å². The highest BCUT2D eigenvalue weighted by molar-refractivity contribution is 5.89. The monoisotopic (exact) mass is 394 g/mol. The summed E-state index contributed by atoms with van der Waals surface area (Å²) in [6, 6.07) is 14.2. The van der Waals surface area contributed by atoms with Crippen LogP contribution in [0.3, 0.4) is 0 Å². The van der Waals surface area contributed by atoms with Gasteiger partial charge in [0, 0.05) is 23.5 Å². The van der Waals surface area contributed by atoms with E-state index in [1.807, 2.05) is 18.2 Å². The second kappa shape index (κ2) is 9.41. The molecular weight excluding hydrogens is 372 g/mol. The number of methoxy groups -OCH3 is 2. The Balaban J connectivity index is 1.70. The van der Waals surface area contributed by atoms with E-state index in [1.165, 1.54) is 6.33 Å². The highest BCUT2D eigenvalue weighted by Gasteiger charge is 2.08. The molecule has 0 unspecified atom stereocenters. The van der Waals surface area contributed by atoms with Crippen LogP contribution in [0.2, 0.25) is 0 Å². The number of nitrogens with zero attached hydrogens (tertiary/aromatic N) is 2. The number of esters is 1. The van der Waals surface area contributed by atoms with Crippen LogP contribution in [0.5, 0.6) is 11.5 Å². The van der Waals surface area contributed by atoms with Crippen LogP contribution >= 0.6 is 0 Å². The van der Waals surface area contributed by atoms with Gasteiger partial charge in [-0.3, -0.25) is 0 Å². The van der Waals surface area contributed by atoms with Gasteiger partial charge in [0.1, 0.15) is 18.0 Å². The molecule has 0 saturated carbocycles. The van der Waals surface area contributed by atoms with Crippen LogP contribution in [0.4, 0.5) is 23.0 Å². The molecule has 0 amide bonds.